The number of hydrogen-bond donors (Lipinski definition) is 2. The molecule has 166 valence electrons. The van der Waals surface area contributed by atoms with Gasteiger partial charge in [0.2, 0.25) is 5.91 Å². The van der Waals surface area contributed by atoms with E-state index >= 15 is 0 Å². The molecule has 0 unspecified atom stereocenters. The second kappa shape index (κ2) is 10.8. The van der Waals surface area contributed by atoms with Gasteiger partial charge in [-0.2, -0.15) is 0 Å². The van der Waals surface area contributed by atoms with Gasteiger partial charge in [-0.15, -0.1) is 0 Å². The summed E-state index contributed by atoms with van der Waals surface area (Å²) >= 11 is 3.20. The van der Waals surface area contributed by atoms with E-state index in [-0.39, 0.29) is 30.5 Å². The third-order valence-corrected chi connectivity index (χ3v) is 5.85. The van der Waals surface area contributed by atoms with Crippen LogP contribution in [0.3, 0.4) is 0 Å². The summed E-state index contributed by atoms with van der Waals surface area (Å²) < 4.78 is 40.2. The lowest BCUT2D eigenvalue weighted by Crippen LogP contribution is -2.45. The molecule has 0 atom stereocenters. The van der Waals surface area contributed by atoms with Crippen LogP contribution in [0.15, 0.2) is 40.9 Å². The molecule has 5 nitrogen and oxygen atoms in total. The van der Waals surface area contributed by atoms with Crippen molar-refractivity contribution in [3.63, 3.8) is 0 Å². The monoisotopic (exact) mass is 497 g/mol. The molecule has 2 aromatic carbocycles. The number of amides is 2. The van der Waals surface area contributed by atoms with E-state index in [1.807, 2.05) is 0 Å². The Morgan fingerprint density at radius 2 is 1.77 bits per heavy atom. The minimum absolute atomic E-state index is 0.0294. The molecule has 0 aromatic heterocycles. The van der Waals surface area contributed by atoms with Gasteiger partial charge >= 0.3 is 0 Å². The highest BCUT2D eigenvalue weighted by Crippen LogP contribution is 2.18. The van der Waals surface area contributed by atoms with Gasteiger partial charge in [-0.05, 0) is 64.7 Å². The van der Waals surface area contributed by atoms with Crippen LogP contribution in [0, 0.1) is 17.5 Å². The fraction of sp³-hybridized carbons (Fsp3) is 0.364. The van der Waals surface area contributed by atoms with Crippen molar-refractivity contribution >= 4 is 27.7 Å². The molecule has 0 radical (unpaired) electrons. The lowest BCUT2D eigenvalue weighted by molar-refractivity contribution is -0.122. The zero-order chi connectivity index (χ0) is 22.4. The number of carbonyl (C=O) groups excluding carboxylic acids is 2. The molecule has 1 aliphatic heterocycles. The summed E-state index contributed by atoms with van der Waals surface area (Å²) in [7, 11) is 0. The highest BCUT2D eigenvalue weighted by molar-refractivity contribution is 9.10. The van der Waals surface area contributed by atoms with Gasteiger partial charge in [0.1, 0.15) is 5.82 Å². The van der Waals surface area contributed by atoms with Crippen LogP contribution in [0.2, 0.25) is 0 Å². The zero-order valence-electron chi connectivity index (χ0n) is 16.8. The molecule has 2 amide bonds. The molecule has 3 rings (SSSR count). The van der Waals surface area contributed by atoms with Crippen molar-refractivity contribution < 1.29 is 22.8 Å². The van der Waals surface area contributed by atoms with E-state index in [2.05, 4.69) is 31.5 Å². The summed E-state index contributed by atoms with van der Waals surface area (Å²) in [5, 5.41) is 5.57. The van der Waals surface area contributed by atoms with E-state index in [4.69, 9.17) is 0 Å². The maximum atomic E-state index is 13.3. The summed E-state index contributed by atoms with van der Waals surface area (Å²) in [4.78, 5) is 26.4. The van der Waals surface area contributed by atoms with E-state index in [1.165, 1.54) is 18.2 Å². The van der Waals surface area contributed by atoms with Crippen molar-refractivity contribution in [3.8, 4) is 0 Å². The summed E-state index contributed by atoms with van der Waals surface area (Å²) in [6.07, 6.45) is 1.61. The number of nitrogens with one attached hydrogen (secondary N) is 2. The molecule has 1 fully saturated rings. The number of halogens is 4. The Morgan fingerprint density at radius 3 is 2.48 bits per heavy atom. The number of nitrogens with zero attached hydrogens (tertiary/aromatic N) is 1. The number of carbonyl (C=O) groups is 2. The van der Waals surface area contributed by atoms with Gasteiger partial charge < -0.3 is 10.6 Å². The topological polar surface area (TPSA) is 61.4 Å². The van der Waals surface area contributed by atoms with Crippen LogP contribution in [0.4, 0.5) is 13.2 Å². The number of rotatable bonds is 7. The van der Waals surface area contributed by atoms with Crippen LogP contribution in [0.5, 0.6) is 0 Å². The van der Waals surface area contributed by atoms with Crippen molar-refractivity contribution in [1.82, 2.24) is 15.5 Å². The summed E-state index contributed by atoms with van der Waals surface area (Å²) in [6, 6.07) is 7.77. The van der Waals surface area contributed by atoms with Crippen molar-refractivity contribution in [1.29, 1.82) is 0 Å². The quantitative estimate of drug-likeness (QED) is 0.612. The number of benzene rings is 2. The van der Waals surface area contributed by atoms with Crippen LogP contribution in [0.25, 0.3) is 0 Å². The SMILES string of the molecule is O=C(CCNC(=O)c1cc(F)ccc1Br)NC1CCN(Cc2ccc(F)c(F)c2)CC1. The minimum Gasteiger partial charge on any atom is -0.353 e. The lowest BCUT2D eigenvalue weighted by Gasteiger charge is -2.32. The number of piperidine rings is 1. The smallest absolute Gasteiger partial charge is 0.252 e. The molecule has 1 saturated heterocycles. The van der Waals surface area contributed by atoms with Gasteiger partial charge in [-0.1, -0.05) is 6.07 Å². The van der Waals surface area contributed by atoms with E-state index in [9.17, 15) is 22.8 Å². The van der Waals surface area contributed by atoms with Crippen molar-refractivity contribution in [2.45, 2.75) is 31.8 Å². The second-order valence-electron chi connectivity index (χ2n) is 7.50. The molecule has 2 N–H and O–H groups in total. The summed E-state index contributed by atoms with van der Waals surface area (Å²) in [5.74, 6) is -2.84. The molecule has 9 heteroatoms. The Morgan fingerprint density at radius 1 is 1.03 bits per heavy atom. The zero-order valence-corrected chi connectivity index (χ0v) is 18.4. The first-order valence-corrected chi connectivity index (χ1v) is 10.8. The maximum absolute atomic E-state index is 13.3. The van der Waals surface area contributed by atoms with E-state index < -0.39 is 23.4 Å². The van der Waals surface area contributed by atoms with E-state index in [0.717, 1.165) is 38.1 Å². The highest BCUT2D eigenvalue weighted by atomic mass is 79.9. The van der Waals surface area contributed by atoms with Gasteiger partial charge in [0.15, 0.2) is 11.6 Å². The normalized spacial score (nSPS) is 15.0. The Labute approximate surface area is 187 Å². The van der Waals surface area contributed by atoms with Crippen LogP contribution in [-0.4, -0.2) is 42.4 Å². The Hall–Kier alpha value is -2.39. The number of likely N-dealkylation sites (tertiary alicyclic amines) is 1. The maximum Gasteiger partial charge on any atom is 0.252 e. The highest BCUT2D eigenvalue weighted by Gasteiger charge is 2.21. The fourth-order valence-corrected chi connectivity index (χ4v) is 3.91. The number of hydrogen-bond acceptors (Lipinski definition) is 3. The molecular formula is C22H23BrF3N3O2. The fourth-order valence-electron chi connectivity index (χ4n) is 3.49. The first-order valence-electron chi connectivity index (χ1n) is 10.0. The molecule has 2 aromatic rings. The van der Waals surface area contributed by atoms with Gasteiger partial charge in [-0.3, -0.25) is 14.5 Å². The molecule has 0 bridgehead atoms. The standard InChI is InChI=1S/C22H23BrF3N3O2/c23-18-3-2-15(24)12-17(18)22(31)27-8-5-21(30)28-16-6-9-29(10-7-16)13-14-1-4-19(25)20(26)11-14/h1-4,11-12,16H,5-10,13H2,(H,27,31)(H,28,30). The Bertz CT molecular complexity index is 950. The van der Waals surface area contributed by atoms with Crippen molar-refractivity contribution in [2.24, 2.45) is 0 Å². The molecule has 31 heavy (non-hydrogen) atoms. The minimum atomic E-state index is -0.857. The van der Waals surface area contributed by atoms with Crippen LogP contribution >= 0.6 is 15.9 Å². The van der Waals surface area contributed by atoms with Gasteiger partial charge in [-0.25, -0.2) is 13.2 Å². The largest absolute Gasteiger partial charge is 0.353 e. The predicted molar refractivity (Wildman–Crippen MR) is 114 cm³/mol. The van der Waals surface area contributed by atoms with Gasteiger partial charge in [0.25, 0.3) is 5.91 Å². The van der Waals surface area contributed by atoms with Crippen LogP contribution in [0.1, 0.15) is 35.2 Å². The molecule has 0 saturated carbocycles. The summed E-state index contributed by atoms with van der Waals surface area (Å²) in [6.45, 7) is 2.13. The summed E-state index contributed by atoms with van der Waals surface area (Å²) in [5.41, 5.74) is 0.885. The molecular weight excluding hydrogens is 475 g/mol. The third-order valence-electron chi connectivity index (χ3n) is 5.15. The lowest BCUT2D eigenvalue weighted by atomic mass is 10.0. The second-order valence-corrected chi connectivity index (χ2v) is 8.35. The van der Waals surface area contributed by atoms with Gasteiger partial charge in [0, 0.05) is 43.1 Å². The van der Waals surface area contributed by atoms with Gasteiger partial charge in [0.05, 0.1) is 5.56 Å². The average molecular weight is 498 g/mol. The molecule has 1 heterocycles. The predicted octanol–water partition coefficient (Wildman–Crippen LogP) is 3.77. The van der Waals surface area contributed by atoms with Crippen LogP contribution < -0.4 is 10.6 Å². The Kier molecular flexibility index (Phi) is 8.09. The van der Waals surface area contributed by atoms with E-state index in [0.29, 0.717) is 16.6 Å². The first-order chi connectivity index (χ1) is 14.8. The van der Waals surface area contributed by atoms with Crippen molar-refractivity contribution in [3.05, 3.63) is 69.4 Å². The Balaban J connectivity index is 1.36. The molecule has 1 aliphatic rings. The molecule has 0 aliphatic carbocycles. The molecule has 0 spiro atoms. The van der Waals surface area contributed by atoms with Crippen molar-refractivity contribution in [2.75, 3.05) is 19.6 Å². The van der Waals surface area contributed by atoms with E-state index in [1.54, 1.807) is 6.07 Å². The van der Waals surface area contributed by atoms with Crippen LogP contribution in [-0.2, 0) is 11.3 Å². The third kappa shape index (κ3) is 6.80. The first kappa shape index (κ1) is 23.3. The average Bonchev–Trinajstić information content (AvgIpc) is 2.74.